The number of aromatic nitrogens is 2. The van der Waals surface area contributed by atoms with Crippen LogP contribution in [0.25, 0.3) is 10.9 Å². The standard InChI is InChI=1S/C19H18BrFN2O3S/c1-25-8-7-23-18(24)16-11-13(20)5-6-17(16)22-19(23)27-10-9-26-15-4-2-3-14(21)12-15/h2-6,11-12H,7-10H2,1H3. The Morgan fingerprint density at radius 1 is 1.22 bits per heavy atom. The van der Waals surface area contributed by atoms with Crippen molar-refractivity contribution in [3.63, 3.8) is 0 Å². The van der Waals surface area contributed by atoms with E-state index in [1.807, 2.05) is 12.1 Å². The van der Waals surface area contributed by atoms with Crippen LogP contribution in [0.5, 0.6) is 5.75 Å². The second-order valence-electron chi connectivity index (χ2n) is 5.66. The molecule has 0 saturated heterocycles. The molecule has 27 heavy (non-hydrogen) atoms. The second kappa shape index (κ2) is 9.34. The molecule has 0 amide bonds. The van der Waals surface area contributed by atoms with Crippen LogP contribution in [-0.2, 0) is 11.3 Å². The zero-order chi connectivity index (χ0) is 19.2. The first kappa shape index (κ1) is 19.9. The monoisotopic (exact) mass is 452 g/mol. The summed E-state index contributed by atoms with van der Waals surface area (Å²) in [7, 11) is 1.59. The number of rotatable bonds is 8. The summed E-state index contributed by atoms with van der Waals surface area (Å²) < 4.78 is 26.3. The van der Waals surface area contributed by atoms with E-state index >= 15 is 0 Å². The molecule has 0 atom stereocenters. The van der Waals surface area contributed by atoms with Gasteiger partial charge in [0.05, 0.1) is 30.7 Å². The molecule has 0 fully saturated rings. The number of hydrogen-bond donors (Lipinski definition) is 0. The van der Waals surface area contributed by atoms with Crippen LogP contribution < -0.4 is 10.3 Å². The fourth-order valence-electron chi connectivity index (χ4n) is 2.51. The Kier molecular flexibility index (Phi) is 6.87. The van der Waals surface area contributed by atoms with Crippen LogP contribution in [-0.4, -0.2) is 35.6 Å². The third-order valence-electron chi connectivity index (χ3n) is 3.78. The van der Waals surface area contributed by atoms with Gasteiger partial charge in [0.25, 0.3) is 5.56 Å². The highest BCUT2D eigenvalue weighted by Crippen LogP contribution is 2.21. The number of thioether (sulfide) groups is 1. The first-order chi connectivity index (χ1) is 13.1. The Morgan fingerprint density at radius 2 is 2.07 bits per heavy atom. The Balaban J connectivity index is 1.77. The van der Waals surface area contributed by atoms with E-state index in [9.17, 15) is 9.18 Å². The van der Waals surface area contributed by atoms with Crippen LogP contribution in [0, 0.1) is 5.82 Å². The van der Waals surface area contributed by atoms with E-state index in [1.54, 1.807) is 29.9 Å². The van der Waals surface area contributed by atoms with Crippen molar-refractivity contribution in [2.24, 2.45) is 0 Å². The van der Waals surface area contributed by atoms with E-state index in [2.05, 4.69) is 20.9 Å². The van der Waals surface area contributed by atoms with Crippen LogP contribution in [0.2, 0.25) is 0 Å². The van der Waals surface area contributed by atoms with Crippen molar-refractivity contribution in [1.29, 1.82) is 0 Å². The maximum atomic E-state index is 13.2. The highest BCUT2D eigenvalue weighted by Gasteiger charge is 2.12. The molecule has 0 bridgehead atoms. The van der Waals surface area contributed by atoms with Crippen LogP contribution in [0.1, 0.15) is 0 Å². The molecule has 0 spiro atoms. The summed E-state index contributed by atoms with van der Waals surface area (Å²) in [5.41, 5.74) is 0.539. The van der Waals surface area contributed by atoms with E-state index in [1.165, 1.54) is 23.9 Å². The molecule has 3 aromatic rings. The maximum absolute atomic E-state index is 13.2. The molecule has 0 aliphatic heterocycles. The Morgan fingerprint density at radius 3 is 2.85 bits per heavy atom. The lowest BCUT2D eigenvalue weighted by atomic mass is 10.2. The van der Waals surface area contributed by atoms with Gasteiger partial charge in [-0.15, -0.1) is 0 Å². The first-order valence-corrected chi connectivity index (χ1v) is 10.1. The Hall–Kier alpha value is -1.90. The average Bonchev–Trinajstić information content (AvgIpc) is 2.65. The number of nitrogens with zero attached hydrogens (tertiary/aromatic N) is 2. The lowest BCUT2D eigenvalue weighted by molar-refractivity contribution is 0.183. The van der Waals surface area contributed by atoms with Crippen LogP contribution in [0.4, 0.5) is 4.39 Å². The van der Waals surface area contributed by atoms with Gasteiger partial charge in [0.15, 0.2) is 5.16 Å². The molecule has 8 heteroatoms. The number of halogens is 2. The van der Waals surface area contributed by atoms with Gasteiger partial charge in [-0.1, -0.05) is 33.8 Å². The third-order valence-corrected chi connectivity index (χ3v) is 5.21. The lowest BCUT2D eigenvalue weighted by Gasteiger charge is -2.13. The summed E-state index contributed by atoms with van der Waals surface area (Å²) in [6.07, 6.45) is 0. The third kappa shape index (κ3) is 5.09. The molecule has 0 saturated carbocycles. The Bertz CT molecular complexity index is 996. The van der Waals surface area contributed by atoms with Gasteiger partial charge >= 0.3 is 0 Å². The molecular weight excluding hydrogens is 435 g/mol. The number of benzene rings is 2. The average molecular weight is 453 g/mol. The van der Waals surface area contributed by atoms with Crippen LogP contribution in [0.3, 0.4) is 0 Å². The fraction of sp³-hybridized carbons (Fsp3) is 0.263. The topological polar surface area (TPSA) is 53.4 Å². The summed E-state index contributed by atoms with van der Waals surface area (Å²) in [4.78, 5) is 17.5. The van der Waals surface area contributed by atoms with E-state index in [4.69, 9.17) is 9.47 Å². The van der Waals surface area contributed by atoms with Crippen molar-refractivity contribution in [3.05, 3.63) is 63.1 Å². The lowest BCUT2D eigenvalue weighted by Crippen LogP contribution is -2.25. The SMILES string of the molecule is COCCn1c(SCCOc2cccc(F)c2)nc2ccc(Br)cc2c1=O. The molecule has 1 heterocycles. The minimum Gasteiger partial charge on any atom is -0.493 e. The Labute approximate surface area is 168 Å². The van der Waals surface area contributed by atoms with Gasteiger partial charge in [-0.3, -0.25) is 9.36 Å². The largest absolute Gasteiger partial charge is 0.493 e. The van der Waals surface area contributed by atoms with Crippen LogP contribution >= 0.6 is 27.7 Å². The van der Waals surface area contributed by atoms with Gasteiger partial charge in [0, 0.05) is 23.4 Å². The fourth-order valence-corrected chi connectivity index (χ4v) is 3.72. The maximum Gasteiger partial charge on any atom is 0.262 e. The number of ether oxygens (including phenoxy) is 2. The van der Waals surface area contributed by atoms with Crippen molar-refractivity contribution in [3.8, 4) is 5.75 Å². The highest BCUT2D eigenvalue weighted by molar-refractivity contribution is 9.10. The molecule has 0 N–H and O–H groups in total. The van der Waals surface area contributed by atoms with E-state index in [0.717, 1.165) is 4.47 Å². The zero-order valence-electron chi connectivity index (χ0n) is 14.7. The van der Waals surface area contributed by atoms with Gasteiger partial charge in [-0.2, -0.15) is 0 Å². The summed E-state index contributed by atoms with van der Waals surface area (Å²) >= 11 is 4.81. The van der Waals surface area contributed by atoms with E-state index in [-0.39, 0.29) is 11.4 Å². The van der Waals surface area contributed by atoms with Gasteiger partial charge in [-0.05, 0) is 30.3 Å². The highest BCUT2D eigenvalue weighted by atomic mass is 79.9. The second-order valence-corrected chi connectivity index (χ2v) is 7.64. The predicted octanol–water partition coefficient (Wildman–Crippen LogP) is 4.12. The molecule has 2 aromatic carbocycles. The van der Waals surface area contributed by atoms with Crippen molar-refractivity contribution >= 4 is 38.6 Å². The molecule has 5 nitrogen and oxygen atoms in total. The quantitative estimate of drug-likeness (QED) is 0.292. The molecule has 0 radical (unpaired) electrons. The van der Waals surface area contributed by atoms with Gasteiger partial charge < -0.3 is 9.47 Å². The minimum atomic E-state index is -0.337. The van der Waals surface area contributed by atoms with Gasteiger partial charge in [-0.25, -0.2) is 9.37 Å². The van der Waals surface area contributed by atoms with Gasteiger partial charge in [0.2, 0.25) is 0 Å². The molecule has 142 valence electrons. The van der Waals surface area contributed by atoms with E-state index < -0.39 is 0 Å². The predicted molar refractivity (Wildman–Crippen MR) is 108 cm³/mol. The number of hydrogen-bond acceptors (Lipinski definition) is 5. The summed E-state index contributed by atoms with van der Waals surface area (Å²) in [6.45, 7) is 1.19. The van der Waals surface area contributed by atoms with E-state index in [0.29, 0.717) is 47.3 Å². The van der Waals surface area contributed by atoms with Crippen molar-refractivity contribution in [1.82, 2.24) is 9.55 Å². The molecule has 0 unspecified atom stereocenters. The van der Waals surface area contributed by atoms with Crippen molar-refractivity contribution in [2.75, 3.05) is 26.1 Å². The van der Waals surface area contributed by atoms with Crippen molar-refractivity contribution < 1.29 is 13.9 Å². The normalized spacial score (nSPS) is 11.1. The molecule has 3 rings (SSSR count). The molecular formula is C19H18BrFN2O3S. The molecule has 1 aromatic heterocycles. The smallest absolute Gasteiger partial charge is 0.262 e. The zero-order valence-corrected chi connectivity index (χ0v) is 17.1. The molecule has 0 aliphatic rings. The van der Waals surface area contributed by atoms with Crippen LogP contribution in [0.15, 0.2) is 56.9 Å². The number of methoxy groups -OCH3 is 1. The van der Waals surface area contributed by atoms with Crippen molar-refractivity contribution in [2.45, 2.75) is 11.7 Å². The summed E-state index contributed by atoms with van der Waals surface area (Å²) in [5, 5.41) is 1.16. The summed E-state index contributed by atoms with van der Waals surface area (Å²) in [6, 6.07) is 11.5. The molecule has 0 aliphatic carbocycles. The minimum absolute atomic E-state index is 0.105. The number of fused-ring (bicyclic) bond motifs is 1. The van der Waals surface area contributed by atoms with Gasteiger partial charge in [0.1, 0.15) is 11.6 Å². The summed E-state index contributed by atoms with van der Waals surface area (Å²) in [5.74, 6) is 0.706. The first-order valence-electron chi connectivity index (χ1n) is 8.28.